The van der Waals surface area contributed by atoms with Crippen LogP contribution >= 0.6 is 0 Å². The number of rotatable bonds is 4. The smallest absolute Gasteiger partial charge is 0.293 e. The monoisotopic (exact) mass is 436 g/mol. The zero-order chi connectivity index (χ0) is 23.0. The number of nitrogens with zero attached hydrogens (tertiary/aromatic N) is 6. The van der Waals surface area contributed by atoms with Crippen molar-refractivity contribution in [2.24, 2.45) is 0 Å². The average molecular weight is 437 g/mol. The molecule has 3 aromatic rings. The number of fused-ring (bicyclic) bond motifs is 1. The molecule has 0 saturated carbocycles. The fourth-order valence-corrected chi connectivity index (χ4v) is 4.22. The highest BCUT2D eigenvalue weighted by atomic mass is 16.2. The third-order valence-corrected chi connectivity index (χ3v) is 5.93. The molecule has 0 aliphatic carbocycles. The van der Waals surface area contributed by atoms with Crippen molar-refractivity contribution >= 4 is 22.5 Å². The molecular formula is C24H32N6O2. The van der Waals surface area contributed by atoms with Gasteiger partial charge in [-0.2, -0.15) is 10.2 Å². The molecule has 1 fully saturated rings. The van der Waals surface area contributed by atoms with E-state index < -0.39 is 0 Å². The molecule has 0 atom stereocenters. The second-order valence-electron chi connectivity index (χ2n) is 9.70. The standard InChI is InChI=1S/C24H32N6O2/c1-17(2)21-19-15-25-30(24(3,4)5)22(19)23(32)29(26-21)16-20(31)28-13-11-27(12-14-28)18-9-7-6-8-10-18/h6-10,15,17H,11-14,16H2,1-5H3. The molecule has 170 valence electrons. The fourth-order valence-electron chi connectivity index (χ4n) is 4.22. The van der Waals surface area contributed by atoms with E-state index in [0.717, 1.165) is 24.2 Å². The topological polar surface area (TPSA) is 76.3 Å². The Bertz CT molecular complexity index is 1160. The van der Waals surface area contributed by atoms with Crippen molar-refractivity contribution in [2.75, 3.05) is 31.1 Å². The van der Waals surface area contributed by atoms with Gasteiger partial charge in [0.2, 0.25) is 5.91 Å². The maximum absolute atomic E-state index is 13.3. The summed E-state index contributed by atoms with van der Waals surface area (Å²) < 4.78 is 3.07. The summed E-state index contributed by atoms with van der Waals surface area (Å²) in [5.74, 6) is 0.0229. The van der Waals surface area contributed by atoms with Crippen LogP contribution in [0.2, 0.25) is 0 Å². The van der Waals surface area contributed by atoms with E-state index in [9.17, 15) is 9.59 Å². The van der Waals surface area contributed by atoms with Gasteiger partial charge in [-0.3, -0.25) is 14.3 Å². The van der Waals surface area contributed by atoms with Gasteiger partial charge < -0.3 is 9.80 Å². The summed E-state index contributed by atoms with van der Waals surface area (Å²) in [4.78, 5) is 30.5. The van der Waals surface area contributed by atoms with Crippen molar-refractivity contribution in [2.45, 2.75) is 52.6 Å². The molecule has 8 nitrogen and oxygen atoms in total. The fraction of sp³-hybridized carbons (Fsp3) is 0.500. The summed E-state index contributed by atoms with van der Waals surface area (Å²) >= 11 is 0. The first kappa shape index (κ1) is 22.0. The molecular weight excluding hydrogens is 404 g/mol. The van der Waals surface area contributed by atoms with Gasteiger partial charge in [0, 0.05) is 37.3 Å². The molecule has 0 unspecified atom stereocenters. The number of piperazine rings is 1. The minimum absolute atomic E-state index is 0.0604. The summed E-state index contributed by atoms with van der Waals surface area (Å²) in [7, 11) is 0. The van der Waals surface area contributed by atoms with E-state index in [0.29, 0.717) is 18.6 Å². The molecule has 1 saturated heterocycles. The van der Waals surface area contributed by atoms with Crippen LogP contribution in [0.25, 0.3) is 10.9 Å². The van der Waals surface area contributed by atoms with Gasteiger partial charge in [-0.1, -0.05) is 32.0 Å². The minimum atomic E-state index is -0.355. The number of hydrogen-bond acceptors (Lipinski definition) is 5. The highest BCUT2D eigenvalue weighted by Gasteiger charge is 2.26. The first-order valence-corrected chi connectivity index (χ1v) is 11.2. The maximum atomic E-state index is 13.3. The minimum Gasteiger partial charge on any atom is -0.368 e. The molecule has 3 heterocycles. The van der Waals surface area contributed by atoms with Crippen molar-refractivity contribution in [3.63, 3.8) is 0 Å². The first-order valence-electron chi connectivity index (χ1n) is 11.2. The molecule has 0 radical (unpaired) electrons. The van der Waals surface area contributed by atoms with Gasteiger partial charge in [-0.05, 0) is 38.8 Å². The van der Waals surface area contributed by atoms with E-state index in [1.165, 1.54) is 10.4 Å². The Balaban J connectivity index is 1.58. The van der Waals surface area contributed by atoms with Gasteiger partial charge in [0.1, 0.15) is 12.1 Å². The molecule has 1 amide bonds. The summed E-state index contributed by atoms with van der Waals surface area (Å²) in [5, 5.41) is 9.83. The van der Waals surface area contributed by atoms with Gasteiger partial charge >= 0.3 is 0 Å². The van der Waals surface area contributed by atoms with Crippen LogP contribution in [0.3, 0.4) is 0 Å². The highest BCUT2D eigenvalue weighted by Crippen LogP contribution is 2.25. The van der Waals surface area contributed by atoms with E-state index in [4.69, 9.17) is 0 Å². The number of hydrogen-bond donors (Lipinski definition) is 0. The van der Waals surface area contributed by atoms with Crippen LogP contribution in [0.1, 0.15) is 46.2 Å². The van der Waals surface area contributed by atoms with Crippen molar-refractivity contribution in [1.29, 1.82) is 0 Å². The number of aromatic nitrogens is 4. The Morgan fingerprint density at radius 3 is 2.31 bits per heavy atom. The molecule has 0 N–H and O–H groups in total. The molecule has 32 heavy (non-hydrogen) atoms. The Morgan fingerprint density at radius 2 is 1.72 bits per heavy atom. The van der Waals surface area contributed by atoms with Crippen molar-refractivity contribution in [1.82, 2.24) is 24.5 Å². The third kappa shape index (κ3) is 4.13. The summed E-state index contributed by atoms with van der Waals surface area (Å²) in [6, 6.07) is 10.2. The van der Waals surface area contributed by atoms with E-state index in [-0.39, 0.29) is 29.5 Å². The molecule has 1 aromatic carbocycles. The Morgan fingerprint density at radius 1 is 1.06 bits per heavy atom. The highest BCUT2D eigenvalue weighted by molar-refractivity contribution is 5.81. The molecule has 0 bridgehead atoms. The predicted octanol–water partition coefficient (Wildman–Crippen LogP) is 2.82. The predicted molar refractivity (Wildman–Crippen MR) is 126 cm³/mol. The lowest BCUT2D eigenvalue weighted by atomic mass is 10.1. The number of para-hydroxylation sites is 1. The zero-order valence-electron chi connectivity index (χ0n) is 19.6. The van der Waals surface area contributed by atoms with Crippen molar-refractivity contribution in [3.05, 3.63) is 52.6 Å². The molecule has 8 heteroatoms. The first-order chi connectivity index (χ1) is 15.2. The Hall–Kier alpha value is -3.16. The third-order valence-electron chi connectivity index (χ3n) is 5.93. The molecule has 1 aliphatic rings. The van der Waals surface area contributed by atoms with Crippen LogP contribution in [-0.4, -0.2) is 56.5 Å². The molecule has 2 aromatic heterocycles. The second kappa shape index (κ2) is 8.41. The van der Waals surface area contributed by atoms with Crippen LogP contribution in [0.15, 0.2) is 41.3 Å². The lowest BCUT2D eigenvalue weighted by molar-refractivity contribution is -0.132. The van der Waals surface area contributed by atoms with Crippen molar-refractivity contribution in [3.8, 4) is 0 Å². The summed E-state index contributed by atoms with van der Waals surface area (Å²) in [5.41, 5.74) is 1.84. The largest absolute Gasteiger partial charge is 0.368 e. The van der Waals surface area contributed by atoms with E-state index >= 15 is 0 Å². The van der Waals surface area contributed by atoms with Crippen LogP contribution in [0.5, 0.6) is 0 Å². The number of benzene rings is 1. The lowest BCUT2D eigenvalue weighted by Gasteiger charge is -2.36. The van der Waals surface area contributed by atoms with Gasteiger partial charge in [-0.25, -0.2) is 4.68 Å². The van der Waals surface area contributed by atoms with E-state index in [1.54, 1.807) is 10.9 Å². The van der Waals surface area contributed by atoms with Gasteiger partial charge in [0.05, 0.1) is 17.4 Å². The molecule has 0 spiro atoms. The maximum Gasteiger partial charge on any atom is 0.293 e. The number of carbonyl (C=O) groups is 1. The normalized spacial score (nSPS) is 15.1. The lowest BCUT2D eigenvalue weighted by Crippen LogP contribution is -2.50. The zero-order valence-corrected chi connectivity index (χ0v) is 19.6. The molecule has 4 rings (SSSR count). The molecule has 1 aliphatic heterocycles. The number of carbonyl (C=O) groups excluding carboxylic acids is 1. The second-order valence-corrected chi connectivity index (χ2v) is 9.70. The van der Waals surface area contributed by atoms with E-state index in [2.05, 4.69) is 27.2 Å². The Kier molecular flexibility index (Phi) is 5.79. The van der Waals surface area contributed by atoms with Crippen LogP contribution < -0.4 is 10.5 Å². The van der Waals surface area contributed by atoms with E-state index in [1.807, 2.05) is 57.7 Å². The van der Waals surface area contributed by atoms with Crippen LogP contribution in [-0.2, 0) is 16.9 Å². The van der Waals surface area contributed by atoms with Crippen molar-refractivity contribution < 1.29 is 4.79 Å². The summed E-state index contributed by atoms with van der Waals surface area (Å²) in [6.45, 7) is 12.8. The quantitative estimate of drug-likeness (QED) is 0.629. The SMILES string of the molecule is CC(C)c1nn(CC(=O)N2CCN(c3ccccc3)CC2)c(=O)c2c1cnn2C(C)(C)C. The van der Waals surface area contributed by atoms with Crippen LogP contribution in [0.4, 0.5) is 5.69 Å². The van der Waals surface area contributed by atoms with Crippen LogP contribution in [0, 0.1) is 0 Å². The van der Waals surface area contributed by atoms with Gasteiger partial charge in [0.25, 0.3) is 5.56 Å². The summed E-state index contributed by atoms with van der Waals surface area (Å²) in [6.07, 6.45) is 1.72. The number of amides is 1. The average Bonchev–Trinajstić information content (AvgIpc) is 3.22. The Labute approximate surface area is 188 Å². The van der Waals surface area contributed by atoms with Gasteiger partial charge in [-0.15, -0.1) is 0 Å². The van der Waals surface area contributed by atoms with Gasteiger partial charge in [0.15, 0.2) is 0 Å². The number of anilines is 1.